The van der Waals surface area contributed by atoms with Crippen molar-refractivity contribution in [2.75, 3.05) is 6.61 Å². The highest BCUT2D eigenvalue weighted by Crippen LogP contribution is 2.38. The van der Waals surface area contributed by atoms with E-state index in [1.807, 2.05) is 77.1 Å². The summed E-state index contributed by atoms with van der Waals surface area (Å²) in [4.78, 5) is 17.3. The third-order valence-electron chi connectivity index (χ3n) is 6.32. The van der Waals surface area contributed by atoms with Gasteiger partial charge in [0.15, 0.2) is 11.8 Å². The second-order valence-corrected chi connectivity index (χ2v) is 10.3. The van der Waals surface area contributed by atoms with Gasteiger partial charge in [-0.25, -0.2) is 14.3 Å². The van der Waals surface area contributed by atoms with Crippen molar-refractivity contribution in [1.82, 2.24) is 14.6 Å². The maximum Gasteiger partial charge on any atom is 0.337 e. The number of carbonyl (C=O) groups is 1. The molecule has 1 aliphatic rings. The van der Waals surface area contributed by atoms with E-state index in [0.717, 1.165) is 41.0 Å². The summed E-state index contributed by atoms with van der Waals surface area (Å²) in [5, 5.41) is 15.2. The highest BCUT2D eigenvalue weighted by Gasteiger charge is 2.33. The zero-order chi connectivity index (χ0) is 25.6. The molecule has 3 heterocycles. The molecule has 5 rings (SSSR count). The zero-order valence-electron chi connectivity index (χ0n) is 21.3. The average Bonchev–Trinajstić information content (AvgIpc) is 3.24. The summed E-state index contributed by atoms with van der Waals surface area (Å²) in [6, 6.07) is 16.1. The molecule has 36 heavy (non-hydrogen) atoms. The molecule has 1 N–H and O–H groups in total. The van der Waals surface area contributed by atoms with Gasteiger partial charge in [0, 0.05) is 28.5 Å². The van der Waals surface area contributed by atoms with Crippen LogP contribution in [0, 0.1) is 13.8 Å². The molecule has 2 aromatic carbocycles. The molecule has 4 aromatic rings. The molecule has 0 bridgehead atoms. The number of benzene rings is 2. The summed E-state index contributed by atoms with van der Waals surface area (Å²) in [5.41, 5.74) is 6.59. The number of nitrogens with zero attached hydrogens (tertiary/aromatic N) is 3. The van der Waals surface area contributed by atoms with Gasteiger partial charge in [-0.1, -0.05) is 29.8 Å². The summed E-state index contributed by atoms with van der Waals surface area (Å²) in [5.74, 6) is -0.197. The van der Waals surface area contributed by atoms with Crippen molar-refractivity contribution in [3.05, 3.63) is 70.9 Å². The quantitative estimate of drug-likeness (QED) is 0.376. The average molecular weight is 486 g/mol. The monoisotopic (exact) mass is 485 g/mol. The summed E-state index contributed by atoms with van der Waals surface area (Å²) < 4.78 is 13.7. The van der Waals surface area contributed by atoms with Gasteiger partial charge in [0.2, 0.25) is 0 Å². The first-order chi connectivity index (χ1) is 17.1. The van der Waals surface area contributed by atoms with Gasteiger partial charge in [0.25, 0.3) is 0 Å². The van der Waals surface area contributed by atoms with Crippen LogP contribution in [0.3, 0.4) is 0 Å². The Bertz CT molecular complexity index is 1450. The molecule has 0 radical (unpaired) electrons. The van der Waals surface area contributed by atoms with Crippen LogP contribution < -0.4 is 4.74 Å². The van der Waals surface area contributed by atoms with Crippen molar-refractivity contribution < 1.29 is 19.4 Å². The second kappa shape index (κ2) is 9.06. The van der Waals surface area contributed by atoms with E-state index in [2.05, 4.69) is 6.07 Å². The number of aryl methyl sites for hydroxylation is 3. The predicted molar refractivity (Wildman–Crippen MR) is 138 cm³/mol. The van der Waals surface area contributed by atoms with Crippen LogP contribution in [0.4, 0.5) is 0 Å². The Balaban J connectivity index is 1.79. The van der Waals surface area contributed by atoms with Crippen molar-refractivity contribution in [1.29, 1.82) is 0 Å². The Morgan fingerprint density at radius 1 is 1.08 bits per heavy atom. The van der Waals surface area contributed by atoms with E-state index < -0.39 is 17.7 Å². The largest absolute Gasteiger partial charge is 0.493 e. The van der Waals surface area contributed by atoms with Crippen LogP contribution in [0.25, 0.3) is 28.2 Å². The maximum absolute atomic E-state index is 12.5. The summed E-state index contributed by atoms with van der Waals surface area (Å²) in [7, 11) is 0. The molecule has 1 aliphatic heterocycles. The Morgan fingerprint density at radius 3 is 2.50 bits per heavy atom. The number of hydrogen-bond donors (Lipinski definition) is 1. The number of rotatable bonds is 5. The summed E-state index contributed by atoms with van der Waals surface area (Å²) in [6.45, 7) is 10.1. The first-order valence-electron chi connectivity index (χ1n) is 12.2. The van der Waals surface area contributed by atoms with E-state index in [4.69, 9.17) is 19.6 Å². The zero-order valence-corrected chi connectivity index (χ0v) is 21.3. The van der Waals surface area contributed by atoms with Crippen LogP contribution in [0.2, 0.25) is 0 Å². The fourth-order valence-electron chi connectivity index (χ4n) is 4.68. The normalized spacial score (nSPS) is 14.4. The number of fused-ring (bicyclic) bond motifs is 2. The lowest BCUT2D eigenvalue weighted by Crippen LogP contribution is -2.29. The van der Waals surface area contributed by atoms with E-state index in [1.165, 1.54) is 5.56 Å². The summed E-state index contributed by atoms with van der Waals surface area (Å²) in [6.07, 6.45) is 0.634. The highest BCUT2D eigenvalue weighted by molar-refractivity contribution is 5.81. The molecule has 0 aliphatic carbocycles. The van der Waals surface area contributed by atoms with Crippen molar-refractivity contribution in [3.8, 4) is 28.3 Å². The lowest BCUT2D eigenvalue weighted by atomic mass is 9.96. The van der Waals surface area contributed by atoms with Gasteiger partial charge in [-0.15, -0.1) is 0 Å². The number of carboxylic acid groups (broad SMARTS) is 1. The van der Waals surface area contributed by atoms with E-state index in [1.54, 1.807) is 4.52 Å². The predicted octanol–water partition coefficient (Wildman–Crippen LogP) is 5.95. The standard InChI is InChI=1S/C29H31N3O4/c1-17-8-10-19(11-9-17)22-16-24-30-18(2)25(27(28(33)34)36-29(3,4)5)26(32(24)31-22)21-12-13-23-20(15-21)7-6-14-35-23/h8-13,15-16,27H,6-7,14H2,1-5H3,(H,33,34). The number of ether oxygens (including phenoxy) is 2. The molecule has 7 nitrogen and oxygen atoms in total. The third kappa shape index (κ3) is 4.58. The van der Waals surface area contributed by atoms with Gasteiger partial charge in [-0.05, 0) is 71.2 Å². The lowest BCUT2D eigenvalue weighted by molar-refractivity contribution is -0.160. The van der Waals surface area contributed by atoms with E-state index in [-0.39, 0.29) is 0 Å². The Kier molecular flexibility index (Phi) is 6.04. The molecule has 0 saturated heterocycles. The molecular weight excluding hydrogens is 454 g/mol. The maximum atomic E-state index is 12.5. The number of aliphatic carboxylic acids is 1. The minimum atomic E-state index is -1.21. The number of carboxylic acids is 1. The van der Waals surface area contributed by atoms with Crippen molar-refractivity contribution >= 4 is 11.6 Å². The van der Waals surface area contributed by atoms with E-state index >= 15 is 0 Å². The van der Waals surface area contributed by atoms with Crippen molar-refractivity contribution in [2.24, 2.45) is 0 Å². The fourth-order valence-corrected chi connectivity index (χ4v) is 4.68. The van der Waals surface area contributed by atoms with Crippen LogP contribution in [0.5, 0.6) is 5.75 Å². The molecule has 186 valence electrons. The van der Waals surface area contributed by atoms with E-state index in [0.29, 0.717) is 29.2 Å². The molecule has 0 spiro atoms. The van der Waals surface area contributed by atoms with Gasteiger partial charge < -0.3 is 14.6 Å². The van der Waals surface area contributed by atoms with Gasteiger partial charge in [-0.3, -0.25) is 0 Å². The molecular formula is C29H31N3O4. The Labute approximate surface area is 210 Å². The van der Waals surface area contributed by atoms with Crippen molar-refractivity contribution in [2.45, 2.75) is 59.2 Å². The molecule has 7 heteroatoms. The minimum absolute atomic E-state index is 0.500. The first-order valence-corrected chi connectivity index (χ1v) is 12.2. The van der Waals surface area contributed by atoms with Crippen LogP contribution in [-0.2, 0) is 16.0 Å². The SMILES string of the molecule is Cc1ccc(-c2cc3nc(C)c(C(OC(C)(C)C)C(=O)O)c(-c4ccc5c(c4)CCCO5)n3n2)cc1. The van der Waals surface area contributed by atoms with Crippen molar-refractivity contribution in [3.63, 3.8) is 0 Å². The second-order valence-electron chi connectivity index (χ2n) is 10.3. The molecule has 0 fully saturated rings. The van der Waals surface area contributed by atoms with E-state index in [9.17, 15) is 9.90 Å². The molecule has 1 atom stereocenters. The van der Waals surface area contributed by atoms with Gasteiger partial charge in [0.05, 0.1) is 23.6 Å². The molecule has 2 aromatic heterocycles. The lowest BCUT2D eigenvalue weighted by Gasteiger charge is -2.28. The van der Waals surface area contributed by atoms with Gasteiger partial charge in [0.1, 0.15) is 5.75 Å². The smallest absolute Gasteiger partial charge is 0.337 e. The van der Waals surface area contributed by atoms with Crippen LogP contribution in [0.1, 0.15) is 55.7 Å². The van der Waals surface area contributed by atoms with Crippen LogP contribution in [-0.4, -0.2) is 37.9 Å². The summed E-state index contributed by atoms with van der Waals surface area (Å²) >= 11 is 0. The van der Waals surface area contributed by atoms with Gasteiger partial charge in [-0.2, -0.15) is 5.10 Å². The number of aromatic nitrogens is 3. The molecule has 0 saturated carbocycles. The Morgan fingerprint density at radius 2 is 1.81 bits per heavy atom. The fraction of sp³-hybridized carbons (Fsp3) is 0.345. The third-order valence-corrected chi connectivity index (χ3v) is 6.32. The van der Waals surface area contributed by atoms with Crippen LogP contribution >= 0.6 is 0 Å². The number of hydrogen-bond acceptors (Lipinski definition) is 5. The van der Waals surface area contributed by atoms with Gasteiger partial charge >= 0.3 is 5.97 Å². The molecule has 1 unspecified atom stereocenters. The highest BCUT2D eigenvalue weighted by atomic mass is 16.5. The first kappa shape index (κ1) is 24.0. The minimum Gasteiger partial charge on any atom is -0.493 e. The Hall–Kier alpha value is -3.71. The molecule has 0 amide bonds. The van der Waals surface area contributed by atoms with Crippen LogP contribution in [0.15, 0.2) is 48.5 Å². The topological polar surface area (TPSA) is 86.0 Å².